The number of hydrogen-bond acceptors (Lipinski definition) is 5. The Labute approximate surface area is 151 Å². The van der Waals surface area contributed by atoms with Crippen molar-refractivity contribution in [2.45, 2.75) is 20.0 Å². The molecule has 26 heavy (non-hydrogen) atoms. The van der Waals surface area contributed by atoms with Crippen molar-refractivity contribution in [2.24, 2.45) is 5.10 Å². The third kappa shape index (κ3) is 4.00. The molecule has 0 aliphatic carbocycles. The van der Waals surface area contributed by atoms with E-state index in [-0.39, 0.29) is 6.61 Å². The van der Waals surface area contributed by atoms with Crippen LogP contribution in [0.1, 0.15) is 12.5 Å². The Kier molecular flexibility index (Phi) is 5.17. The first-order valence-corrected chi connectivity index (χ1v) is 8.14. The van der Waals surface area contributed by atoms with Crippen LogP contribution in [-0.4, -0.2) is 30.2 Å². The molecule has 3 rings (SSSR count). The third-order valence-electron chi connectivity index (χ3n) is 3.91. The summed E-state index contributed by atoms with van der Waals surface area (Å²) in [7, 11) is 0. The number of nitrogens with one attached hydrogen (secondary N) is 2. The molecule has 0 bridgehead atoms. The molecule has 0 fully saturated rings. The Morgan fingerprint density at radius 3 is 2.50 bits per heavy atom. The topological polar surface area (TPSA) is 89.0 Å². The number of amides is 2. The van der Waals surface area contributed by atoms with E-state index in [1.54, 1.807) is 25.1 Å². The van der Waals surface area contributed by atoms with Gasteiger partial charge in [0.25, 0.3) is 0 Å². The van der Waals surface area contributed by atoms with Gasteiger partial charge in [-0.1, -0.05) is 30.3 Å². The van der Waals surface area contributed by atoms with Gasteiger partial charge in [-0.2, -0.15) is 5.10 Å². The van der Waals surface area contributed by atoms with Crippen LogP contribution in [0.5, 0.6) is 11.5 Å². The maximum Gasteiger partial charge on any atom is 0.329 e. The summed E-state index contributed by atoms with van der Waals surface area (Å²) in [5, 5.41) is 6.51. The minimum atomic E-state index is -0.857. The number of anilines is 1. The molecule has 0 aromatic heterocycles. The number of para-hydroxylation sites is 3. The van der Waals surface area contributed by atoms with Crippen molar-refractivity contribution in [3.63, 3.8) is 0 Å². The summed E-state index contributed by atoms with van der Waals surface area (Å²) < 4.78 is 11.4. The Hall–Kier alpha value is -3.35. The largest absolute Gasteiger partial charge is 0.485 e. The van der Waals surface area contributed by atoms with Crippen molar-refractivity contribution >= 4 is 23.2 Å². The molecule has 134 valence electrons. The number of nitrogens with zero attached hydrogens (tertiary/aromatic N) is 1. The molecular formula is C19H19N3O4. The summed E-state index contributed by atoms with van der Waals surface area (Å²) in [6.45, 7) is 3.81. The fourth-order valence-corrected chi connectivity index (χ4v) is 2.38. The lowest BCUT2D eigenvalue weighted by Crippen LogP contribution is -2.38. The highest BCUT2D eigenvalue weighted by molar-refractivity contribution is 6.39. The number of hydrazone groups is 1. The smallest absolute Gasteiger partial charge is 0.329 e. The van der Waals surface area contributed by atoms with Gasteiger partial charge in [0.2, 0.25) is 0 Å². The van der Waals surface area contributed by atoms with Gasteiger partial charge >= 0.3 is 11.8 Å². The van der Waals surface area contributed by atoms with Crippen LogP contribution in [0.4, 0.5) is 5.69 Å². The number of hydrogen-bond donors (Lipinski definition) is 2. The Morgan fingerprint density at radius 2 is 1.73 bits per heavy atom. The lowest BCUT2D eigenvalue weighted by Gasteiger charge is -2.26. The van der Waals surface area contributed by atoms with Crippen LogP contribution in [0.15, 0.2) is 53.6 Å². The summed E-state index contributed by atoms with van der Waals surface area (Å²) in [5.41, 5.74) is 4.18. The predicted octanol–water partition coefficient (Wildman–Crippen LogP) is 2.27. The van der Waals surface area contributed by atoms with Crippen LogP contribution in [0.2, 0.25) is 0 Å². The summed E-state index contributed by atoms with van der Waals surface area (Å²) in [6, 6.07) is 14.5. The van der Waals surface area contributed by atoms with E-state index in [4.69, 9.17) is 9.47 Å². The first-order chi connectivity index (χ1) is 12.5. The maximum absolute atomic E-state index is 12.0. The van der Waals surface area contributed by atoms with Gasteiger partial charge in [-0.3, -0.25) is 9.59 Å². The van der Waals surface area contributed by atoms with Crippen LogP contribution in [0, 0.1) is 6.92 Å². The Bertz CT molecular complexity index is 863. The van der Waals surface area contributed by atoms with Gasteiger partial charge in [0.15, 0.2) is 17.6 Å². The van der Waals surface area contributed by atoms with Gasteiger partial charge in [0.1, 0.15) is 6.61 Å². The molecule has 7 nitrogen and oxygen atoms in total. The van der Waals surface area contributed by atoms with Crippen molar-refractivity contribution in [3.8, 4) is 11.5 Å². The zero-order valence-electron chi connectivity index (χ0n) is 14.5. The first-order valence-electron chi connectivity index (χ1n) is 8.14. The number of ether oxygens (including phenoxy) is 2. The molecule has 0 spiro atoms. The van der Waals surface area contributed by atoms with E-state index in [0.29, 0.717) is 22.9 Å². The molecular weight excluding hydrogens is 334 g/mol. The fraction of sp³-hybridized carbons (Fsp3) is 0.211. The van der Waals surface area contributed by atoms with E-state index in [2.05, 4.69) is 15.8 Å². The van der Waals surface area contributed by atoms with Gasteiger partial charge in [-0.15, -0.1) is 0 Å². The molecule has 0 saturated heterocycles. The molecule has 1 aliphatic rings. The first kappa shape index (κ1) is 17.5. The molecule has 2 aromatic rings. The molecule has 0 radical (unpaired) electrons. The van der Waals surface area contributed by atoms with Gasteiger partial charge in [-0.25, -0.2) is 5.43 Å². The summed E-state index contributed by atoms with van der Waals surface area (Å²) in [5.74, 6) is -0.369. The molecule has 1 aliphatic heterocycles. The van der Waals surface area contributed by atoms with E-state index < -0.39 is 17.9 Å². The molecule has 1 heterocycles. The highest BCUT2D eigenvalue weighted by atomic mass is 16.6. The number of carbonyl (C=O) groups is 2. The lowest BCUT2D eigenvalue weighted by molar-refractivity contribution is -0.136. The van der Waals surface area contributed by atoms with Gasteiger partial charge < -0.3 is 14.8 Å². The number of fused-ring (bicyclic) bond motifs is 1. The molecule has 2 N–H and O–H groups in total. The van der Waals surface area contributed by atoms with Crippen LogP contribution in [0.25, 0.3) is 0 Å². The normalized spacial score (nSPS) is 15.9. The van der Waals surface area contributed by atoms with Gasteiger partial charge in [0, 0.05) is 5.69 Å². The Morgan fingerprint density at radius 1 is 1.04 bits per heavy atom. The van der Waals surface area contributed by atoms with E-state index in [1.807, 2.05) is 37.3 Å². The zero-order valence-corrected chi connectivity index (χ0v) is 14.5. The molecule has 1 atom stereocenters. The van der Waals surface area contributed by atoms with Crippen LogP contribution >= 0.6 is 0 Å². The van der Waals surface area contributed by atoms with Crippen molar-refractivity contribution in [2.75, 3.05) is 11.9 Å². The standard InChI is InChI=1S/C19H19N3O4/c1-12-7-3-4-8-14(12)20-18(23)19(24)22-21-13(2)17-11-25-15-9-5-6-10-16(15)26-17/h3-10,17H,11H2,1-2H3,(H,20,23)(H,22,24). The van der Waals surface area contributed by atoms with Crippen LogP contribution < -0.4 is 20.2 Å². The minimum absolute atomic E-state index is 0.275. The minimum Gasteiger partial charge on any atom is -0.485 e. The second-order valence-corrected chi connectivity index (χ2v) is 5.83. The molecule has 2 amide bonds. The highest BCUT2D eigenvalue weighted by Crippen LogP contribution is 2.31. The van der Waals surface area contributed by atoms with E-state index >= 15 is 0 Å². The third-order valence-corrected chi connectivity index (χ3v) is 3.91. The van der Waals surface area contributed by atoms with Crippen molar-refractivity contribution in [1.82, 2.24) is 5.43 Å². The highest BCUT2D eigenvalue weighted by Gasteiger charge is 2.23. The molecule has 2 aromatic carbocycles. The Balaban J connectivity index is 1.58. The van der Waals surface area contributed by atoms with E-state index in [1.165, 1.54) is 0 Å². The number of aryl methyl sites for hydroxylation is 1. The average molecular weight is 353 g/mol. The monoisotopic (exact) mass is 353 g/mol. The van der Waals surface area contributed by atoms with Gasteiger partial charge in [-0.05, 0) is 37.6 Å². The number of benzene rings is 2. The summed E-state index contributed by atoms with van der Waals surface area (Å²) in [4.78, 5) is 23.9. The van der Waals surface area contributed by atoms with E-state index in [9.17, 15) is 9.59 Å². The van der Waals surface area contributed by atoms with Crippen LogP contribution in [0.3, 0.4) is 0 Å². The van der Waals surface area contributed by atoms with Crippen molar-refractivity contribution < 1.29 is 19.1 Å². The summed E-state index contributed by atoms with van der Waals surface area (Å²) >= 11 is 0. The quantitative estimate of drug-likeness (QED) is 0.503. The fourth-order valence-electron chi connectivity index (χ4n) is 2.38. The second kappa shape index (κ2) is 7.69. The number of carbonyl (C=O) groups excluding carboxylic acids is 2. The van der Waals surface area contributed by atoms with E-state index in [0.717, 1.165) is 5.56 Å². The van der Waals surface area contributed by atoms with Crippen molar-refractivity contribution in [3.05, 3.63) is 54.1 Å². The van der Waals surface area contributed by atoms with Crippen molar-refractivity contribution in [1.29, 1.82) is 0 Å². The number of rotatable bonds is 3. The SMILES string of the molecule is CC(=NNC(=O)C(=O)Nc1ccccc1C)C1COc2ccccc2O1. The molecule has 1 unspecified atom stereocenters. The maximum atomic E-state index is 12.0. The second-order valence-electron chi connectivity index (χ2n) is 5.83. The lowest BCUT2D eigenvalue weighted by atomic mass is 10.2. The molecule has 0 saturated carbocycles. The van der Waals surface area contributed by atoms with Gasteiger partial charge in [0.05, 0.1) is 5.71 Å². The van der Waals surface area contributed by atoms with Crippen LogP contribution in [-0.2, 0) is 9.59 Å². The zero-order chi connectivity index (χ0) is 18.5. The average Bonchev–Trinajstić information content (AvgIpc) is 2.67. The summed E-state index contributed by atoms with van der Waals surface area (Å²) in [6.07, 6.45) is -0.440. The predicted molar refractivity (Wildman–Crippen MR) is 97.4 cm³/mol. The molecule has 7 heteroatoms.